The summed E-state index contributed by atoms with van der Waals surface area (Å²) in [6, 6.07) is 0. The van der Waals surface area contributed by atoms with Crippen LogP contribution in [0, 0.1) is 0 Å². The lowest BCUT2D eigenvalue weighted by Crippen LogP contribution is -2.60. The van der Waals surface area contributed by atoms with Crippen molar-refractivity contribution in [3.8, 4) is 0 Å². The van der Waals surface area contributed by atoms with Crippen molar-refractivity contribution in [2.45, 2.75) is 50.1 Å². The van der Waals surface area contributed by atoms with Gasteiger partial charge in [-0.05, 0) is 26.7 Å². The minimum Gasteiger partial charge on any atom is -0.169 e. The number of rotatable bonds is 0. The van der Waals surface area contributed by atoms with Gasteiger partial charge in [0.05, 0.1) is 0 Å². The molecule has 0 bridgehead atoms. The fraction of sp³-hybridized carbons (Fsp3) is 1.00. The summed E-state index contributed by atoms with van der Waals surface area (Å²) in [5, 5.41) is 10.5. The predicted molar refractivity (Wildman–Crippen MR) is 40.7 cm³/mol. The molecule has 1 fully saturated rings. The molecule has 1 rings (SSSR count). The Kier molecular flexibility index (Phi) is 2.76. The van der Waals surface area contributed by atoms with Gasteiger partial charge in [-0.3, -0.25) is 0 Å². The molecule has 1 saturated heterocycles. The Hall–Kier alpha value is -0.500. The molecule has 2 atom stereocenters. The SMILES string of the molecule is CC1(C(F)(F)F)CCC(C)(C(F)(F)F)N1[O]. The number of alkyl halides is 6. The van der Waals surface area contributed by atoms with Gasteiger partial charge in [-0.25, -0.2) is 0 Å². The van der Waals surface area contributed by atoms with E-state index in [9.17, 15) is 31.5 Å². The second kappa shape index (κ2) is 3.25. The molecule has 8 heteroatoms. The summed E-state index contributed by atoms with van der Waals surface area (Å²) < 4.78 is 75.1. The molecule has 0 saturated carbocycles. The summed E-state index contributed by atoms with van der Waals surface area (Å²) in [5.41, 5.74) is -5.92. The lowest BCUT2D eigenvalue weighted by Gasteiger charge is -2.38. The molecule has 0 aromatic rings. The molecule has 2 unspecified atom stereocenters. The highest BCUT2D eigenvalue weighted by Gasteiger charge is 2.71. The van der Waals surface area contributed by atoms with E-state index in [1.54, 1.807) is 0 Å². The first kappa shape index (κ1) is 13.6. The summed E-state index contributed by atoms with van der Waals surface area (Å²) >= 11 is 0. The minimum absolute atomic E-state index is 0.497. The molecule has 0 aliphatic carbocycles. The Labute approximate surface area is 87.8 Å². The van der Waals surface area contributed by atoms with Crippen LogP contribution in [-0.4, -0.2) is 28.5 Å². The molecule has 16 heavy (non-hydrogen) atoms. The number of halogens is 6. The van der Waals surface area contributed by atoms with Crippen LogP contribution in [0.5, 0.6) is 0 Å². The predicted octanol–water partition coefficient (Wildman–Crippen LogP) is 3.07. The zero-order chi connectivity index (χ0) is 13.0. The van der Waals surface area contributed by atoms with E-state index in [1.165, 1.54) is 0 Å². The Morgan fingerprint density at radius 2 is 1.12 bits per heavy atom. The van der Waals surface area contributed by atoms with Crippen LogP contribution in [0.1, 0.15) is 26.7 Å². The summed E-state index contributed by atoms with van der Waals surface area (Å²) in [6.07, 6.45) is -11.7. The van der Waals surface area contributed by atoms with Gasteiger partial charge >= 0.3 is 12.4 Å². The highest BCUT2D eigenvalue weighted by atomic mass is 19.4. The number of hydroxylamine groups is 2. The van der Waals surface area contributed by atoms with Crippen molar-refractivity contribution in [2.75, 3.05) is 0 Å². The van der Waals surface area contributed by atoms with Crippen molar-refractivity contribution < 1.29 is 31.5 Å². The van der Waals surface area contributed by atoms with E-state index < -0.39 is 41.3 Å². The molecule has 1 aliphatic rings. The number of nitrogens with zero attached hydrogens (tertiary/aromatic N) is 1. The summed E-state index contributed by atoms with van der Waals surface area (Å²) in [7, 11) is 0. The quantitative estimate of drug-likeness (QED) is 0.606. The van der Waals surface area contributed by atoms with E-state index in [4.69, 9.17) is 0 Å². The van der Waals surface area contributed by atoms with Crippen LogP contribution in [0.2, 0.25) is 0 Å². The van der Waals surface area contributed by atoms with E-state index in [0.717, 1.165) is 0 Å². The molecule has 0 amide bonds. The summed E-state index contributed by atoms with van der Waals surface area (Å²) in [4.78, 5) is 0. The van der Waals surface area contributed by atoms with Gasteiger partial charge in [0, 0.05) is 0 Å². The number of hydrogen-bond acceptors (Lipinski definition) is 1. The third-order valence-electron chi connectivity index (χ3n) is 3.22. The normalized spacial score (nSPS) is 38.1. The van der Waals surface area contributed by atoms with Crippen LogP contribution in [-0.2, 0) is 5.21 Å². The molecule has 1 heterocycles. The first-order valence-corrected chi connectivity index (χ1v) is 4.47. The van der Waals surface area contributed by atoms with E-state index in [-0.39, 0.29) is 0 Å². The van der Waals surface area contributed by atoms with E-state index in [0.29, 0.717) is 13.8 Å². The van der Waals surface area contributed by atoms with Gasteiger partial charge < -0.3 is 0 Å². The lowest BCUT2D eigenvalue weighted by atomic mass is 9.97. The summed E-state index contributed by atoms with van der Waals surface area (Å²) in [5.74, 6) is 0. The third-order valence-corrected chi connectivity index (χ3v) is 3.22. The van der Waals surface area contributed by atoms with Gasteiger partial charge in [0.25, 0.3) is 0 Å². The largest absolute Gasteiger partial charge is 0.408 e. The number of hydrogen-bond donors (Lipinski definition) is 0. The van der Waals surface area contributed by atoms with Crippen molar-refractivity contribution in [1.29, 1.82) is 0 Å². The highest BCUT2D eigenvalue weighted by Crippen LogP contribution is 2.53. The molecule has 1 radical (unpaired) electrons. The van der Waals surface area contributed by atoms with Gasteiger partial charge in [0.1, 0.15) is 11.1 Å². The Bertz CT molecular complexity index is 259. The van der Waals surface area contributed by atoms with E-state index in [1.807, 2.05) is 0 Å². The van der Waals surface area contributed by atoms with Gasteiger partial charge in [-0.15, -0.1) is 10.3 Å². The van der Waals surface area contributed by atoms with Crippen molar-refractivity contribution >= 4 is 0 Å². The Morgan fingerprint density at radius 3 is 1.25 bits per heavy atom. The maximum absolute atomic E-state index is 12.5. The fourth-order valence-electron chi connectivity index (χ4n) is 1.75. The van der Waals surface area contributed by atoms with Gasteiger partial charge in [-0.1, -0.05) is 0 Å². The zero-order valence-corrected chi connectivity index (χ0v) is 8.54. The van der Waals surface area contributed by atoms with E-state index in [2.05, 4.69) is 0 Å². The van der Waals surface area contributed by atoms with Crippen LogP contribution in [0.15, 0.2) is 0 Å². The molecule has 95 valence electrons. The van der Waals surface area contributed by atoms with Gasteiger partial charge in [-0.2, -0.15) is 26.3 Å². The minimum atomic E-state index is -4.97. The average Bonchev–Trinajstić information content (AvgIpc) is 2.30. The van der Waals surface area contributed by atoms with E-state index >= 15 is 0 Å². The molecule has 0 N–H and O–H groups in total. The van der Waals surface area contributed by atoms with Crippen molar-refractivity contribution in [3.05, 3.63) is 0 Å². The molecular formula is C8H10F6NO. The lowest BCUT2D eigenvalue weighted by molar-refractivity contribution is -0.372. The fourth-order valence-corrected chi connectivity index (χ4v) is 1.75. The average molecular weight is 250 g/mol. The summed E-state index contributed by atoms with van der Waals surface area (Å²) in [6.45, 7) is 0.994. The topological polar surface area (TPSA) is 23.1 Å². The molecular weight excluding hydrogens is 240 g/mol. The van der Waals surface area contributed by atoms with Crippen molar-refractivity contribution in [3.63, 3.8) is 0 Å². The van der Waals surface area contributed by atoms with Crippen LogP contribution in [0.4, 0.5) is 26.3 Å². The maximum Gasteiger partial charge on any atom is 0.408 e. The molecule has 1 aliphatic heterocycles. The molecule has 2 nitrogen and oxygen atoms in total. The Balaban J connectivity index is 3.12. The molecule has 0 spiro atoms. The van der Waals surface area contributed by atoms with Crippen LogP contribution in [0.3, 0.4) is 0 Å². The van der Waals surface area contributed by atoms with Crippen LogP contribution < -0.4 is 0 Å². The monoisotopic (exact) mass is 250 g/mol. The van der Waals surface area contributed by atoms with Crippen molar-refractivity contribution in [1.82, 2.24) is 5.06 Å². The molecule has 0 aromatic carbocycles. The smallest absolute Gasteiger partial charge is 0.169 e. The second-order valence-electron chi connectivity index (χ2n) is 4.34. The standard InChI is InChI=1S/C8H10F6NO/c1-5(7(9,10)11)3-4-6(2,15(5)16)8(12,13)14/h3-4H2,1-2H3. The molecule has 0 aromatic heterocycles. The van der Waals surface area contributed by atoms with Crippen LogP contribution >= 0.6 is 0 Å². The zero-order valence-electron chi connectivity index (χ0n) is 8.54. The van der Waals surface area contributed by atoms with Crippen molar-refractivity contribution in [2.24, 2.45) is 0 Å². The first-order chi connectivity index (χ1) is 6.86. The second-order valence-corrected chi connectivity index (χ2v) is 4.34. The highest BCUT2D eigenvalue weighted by molar-refractivity contribution is 5.07. The third kappa shape index (κ3) is 1.58. The van der Waals surface area contributed by atoms with Crippen LogP contribution in [0.25, 0.3) is 0 Å². The Morgan fingerprint density at radius 1 is 0.875 bits per heavy atom. The maximum atomic E-state index is 12.5. The van der Waals surface area contributed by atoms with Gasteiger partial charge in [0.15, 0.2) is 0 Å². The first-order valence-electron chi connectivity index (χ1n) is 4.47. The van der Waals surface area contributed by atoms with Gasteiger partial charge in [0.2, 0.25) is 0 Å².